The number of imide groups is 1. The van der Waals surface area contributed by atoms with Gasteiger partial charge in [0.25, 0.3) is 11.8 Å². The number of carbonyl (C=O) groups excluding carboxylic acids is 3. The smallest absolute Gasteiger partial charge is 0.337 e. The summed E-state index contributed by atoms with van der Waals surface area (Å²) in [5.41, 5.74) is 1.41. The molecule has 2 heterocycles. The second-order valence-corrected chi connectivity index (χ2v) is 8.72. The molecule has 7 heteroatoms. The summed E-state index contributed by atoms with van der Waals surface area (Å²) in [7, 11) is 1.34. The van der Waals surface area contributed by atoms with Crippen molar-refractivity contribution < 1.29 is 23.5 Å². The number of fused-ring (bicyclic) bond motifs is 3. The monoisotopic (exact) mass is 416 g/mol. The lowest BCUT2D eigenvalue weighted by Gasteiger charge is -2.18. The number of methoxy groups -OCH3 is 1. The van der Waals surface area contributed by atoms with Crippen LogP contribution in [0, 0.1) is 29.1 Å². The molecule has 4 atom stereocenters. The van der Waals surface area contributed by atoms with Gasteiger partial charge in [-0.1, -0.05) is 24.3 Å². The van der Waals surface area contributed by atoms with Crippen LogP contribution in [0.1, 0.15) is 29.0 Å². The quantitative estimate of drug-likeness (QED) is 0.330. The number of benzene rings is 1. The van der Waals surface area contributed by atoms with Crippen LogP contribution in [0.3, 0.4) is 0 Å². The Balaban J connectivity index is 1.19. The largest absolute Gasteiger partial charge is 0.465 e. The average Bonchev–Trinajstić information content (AvgIpc) is 3.07. The van der Waals surface area contributed by atoms with Gasteiger partial charge in [-0.15, -0.1) is 0 Å². The Morgan fingerprint density at radius 2 is 1.71 bits per heavy atom. The lowest BCUT2D eigenvalue weighted by atomic mass is 9.85. The van der Waals surface area contributed by atoms with Crippen LogP contribution in [-0.4, -0.2) is 36.1 Å². The number of furan rings is 1. The molecule has 1 spiro atoms. The van der Waals surface area contributed by atoms with E-state index in [0.717, 1.165) is 23.4 Å². The maximum atomic E-state index is 13.0. The summed E-state index contributed by atoms with van der Waals surface area (Å²) in [5, 5.41) is 5.22. The van der Waals surface area contributed by atoms with E-state index in [9.17, 15) is 14.4 Å². The first-order valence-electron chi connectivity index (χ1n) is 10.4. The molecule has 2 amide bonds. The van der Waals surface area contributed by atoms with Crippen LogP contribution in [0.4, 0.5) is 0 Å². The van der Waals surface area contributed by atoms with E-state index in [2.05, 4.69) is 17.3 Å². The van der Waals surface area contributed by atoms with Gasteiger partial charge in [-0.05, 0) is 54.4 Å². The van der Waals surface area contributed by atoms with Crippen LogP contribution in [0.5, 0.6) is 0 Å². The Bertz CT molecular complexity index is 1140. The molecular weight excluding hydrogens is 396 g/mol. The molecule has 1 aromatic heterocycles. The molecule has 6 rings (SSSR count). The van der Waals surface area contributed by atoms with Crippen molar-refractivity contribution in [3.63, 3.8) is 0 Å². The molecule has 1 saturated heterocycles. The highest BCUT2D eigenvalue weighted by atomic mass is 16.5. The van der Waals surface area contributed by atoms with Gasteiger partial charge >= 0.3 is 5.97 Å². The van der Waals surface area contributed by atoms with Crippen molar-refractivity contribution in [3.8, 4) is 11.3 Å². The van der Waals surface area contributed by atoms with E-state index in [1.54, 1.807) is 36.4 Å². The van der Waals surface area contributed by atoms with Crippen molar-refractivity contribution in [1.82, 2.24) is 5.01 Å². The topological polar surface area (TPSA) is 89.2 Å². The molecule has 2 bridgehead atoms. The maximum absolute atomic E-state index is 13.0. The highest BCUT2D eigenvalue weighted by molar-refractivity contribution is 6.07. The van der Waals surface area contributed by atoms with Crippen LogP contribution in [-0.2, 0) is 14.3 Å². The van der Waals surface area contributed by atoms with Gasteiger partial charge in [0.15, 0.2) is 0 Å². The standard InChI is InChI=1S/C24H20N2O5/c1-30-23(29)14-4-2-13(3-5-14)18-9-6-15(31-18)12-25-26-21(27)19-16-7-8-17(20(19)22(26)28)24(16)10-11-24/h2-9,12,16-17,19-20H,10-11H2,1H3/b25-12-/t16-,17-,19-,20+/m0/s1. The molecule has 4 aliphatic rings. The number of carbonyl (C=O) groups is 3. The van der Waals surface area contributed by atoms with Crippen molar-refractivity contribution in [2.24, 2.45) is 34.2 Å². The SMILES string of the molecule is COC(=O)c1ccc(-c2ccc(/C=N\N3C(=O)[C@@H]4[C@H](C3=O)[C@@H]3C=C[C@@H]4C34CC4)o2)cc1. The van der Waals surface area contributed by atoms with Crippen molar-refractivity contribution >= 4 is 24.0 Å². The summed E-state index contributed by atoms with van der Waals surface area (Å²) in [6.45, 7) is 0. The van der Waals surface area contributed by atoms with Crippen molar-refractivity contribution in [2.45, 2.75) is 12.8 Å². The van der Waals surface area contributed by atoms with Crippen LogP contribution in [0.25, 0.3) is 11.3 Å². The van der Waals surface area contributed by atoms with Gasteiger partial charge in [0.2, 0.25) is 0 Å². The van der Waals surface area contributed by atoms with Crippen LogP contribution < -0.4 is 0 Å². The zero-order chi connectivity index (χ0) is 21.3. The number of esters is 1. The van der Waals surface area contributed by atoms with Gasteiger partial charge in [0.1, 0.15) is 11.5 Å². The summed E-state index contributed by atoms with van der Waals surface area (Å²) in [6.07, 6.45) is 7.91. The molecule has 0 radical (unpaired) electrons. The van der Waals surface area contributed by atoms with Crippen molar-refractivity contribution in [3.05, 3.63) is 59.9 Å². The van der Waals surface area contributed by atoms with Crippen LogP contribution in [0.2, 0.25) is 0 Å². The average molecular weight is 416 g/mol. The minimum atomic E-state index is -0.403. The predicted molar refractivity (Wildman–Crippen MR) is 110 cm³/mol. The fraction of sp³-hybridized carbons (Fsp3) is 0.333. The molecule has 0 unspecified atom stereocenters. The lowest BCUT2D eigenvalue weighted by Crippen LogP contribution is -2.30. The molecule has 1 aliphatic heterocycles. The highest BCUT2D eigenvalue weighted by Gasteiger charge is 2.73. The van der Waals surface area contributed by atoms with E-state index in [0.29, 0.717) is 17.1 Å². The number of allylic oxidation sites excluding steroid dienone is 2. The predicted octanol–water partition coefficient (Wildman–Crippen LogP) is 3.26. The van der Waals surface area contributed by atoms with E-state index in [-0.39, 0.29) is 40.9 Å². The molecule has 7 nitrogen and oxygen atoms in total. The summed E-state index contributed by atoms with van der Waals surface area (Å²) >= 11 is 0. The number of rotatable bonds is 4. The number of hydrogen-bond donors (Lipinski definition) is 0. The van der Waals surface area contributed by atoms with E-state index < -0.39 is 5.97 Å². The molecule has 2 aromatic rings. The van der Waals surface area contributed by atoms with Gasteiger partial charge < -0.3 is 9.15 Å². The number of nitrogens with zero attached hydrogens (tertiary/aromatic N) is 2. The minimum absolute atomic E-state index is 0.176. The fourth-order valence-electron chi connectivity index (χ4n) is 5.76. The lowest BCUT2D eigenvalue weighted by molar-refractivity contribution is -0.141. The Hall–Kier alpha value is -3.48. The van der Waals surface area contributed by atoms with Gasteiger partial charge in [-0.2, -0.15) is 10.1 Å². The zero-order valence-corrected chi connectivity index (χ0v) is 16.9. The molecular formula is C24H20N2O5. The zero-order valence-electron chi connectivity index (χ0n) is 16.9. The van der Waals surface area contributed by atoms with Crippen LogP contribution in [0.15, 0.2) is 58.1 Å². The Labute approximate surface area is 178 Å². The fourth-order valence-corrected chi connectivity index (χ4v) is 5.76. The third kappa shape index (κ3) is 2.46. The second-order valence-electron chi connectivity index (χ2n) is 8.72. The summed E-state index contributed by atoms with van der Waals surface area (Å²) in [4.78, 5) is 37.5. The van der Waals surface area contributed by atoms with Gasteiger partial charge in [-0.25, -0.2) is 4.79 Å². The molecule has 3 fully saturated rings. The third-order valence-electron chi connectivity index (χ3n) is 7.35. The first-order chi connectivity index (χ1) is 15.0. The summed E-state index contributed by atoms with van der Waals surface area (Å²) in [6, 6.07) is 10.3. The third-order valence-corrected chi connectivity index (χ3v) is 7.35. The number of hydrazone groups is 1. The van der Waals surface area contributed by atoms with E-state index >= 15 is 0 Å². The Kier molecular flexibility index (Phi) is 3.70. The van der Waals surface area contributed by atoms with Crippen LogP contribution >= 0.6 is 0 Å². The Morgan fingerprint density at radius 1 is 1.06 bits per heavy atom. The maximum Gasteiger partial charge on any atom is 0.337 e. The van der Waals surface area contributed by atoms with E-state index in [1.165, 1.54) is 13.3 Å². The number of ether oxygens (including phenoxy) is 1. The van der Waals surface area contributed by atoms with E-state index in [1.807, 2.05) is 0 Å². The Morgan fingerprint density at radius 3 is 2.29 bits per heavy atom. The minimum Gasteiger partial charge on any atom is -0.465 e. The summed E-state index contributed by atoms with van der Waals surface area (Å²) in [5.74, 6) is 0.0741. The van der Waals surface area contributed by atoms with Gasteiger partial charge in [0, 0.05) is 5.56 Å². The normalized spacial score (nSPS) is 29.4. The molecule has 2 saturated carbocycles. The van der Waals surface area contributed by atoms with Crippen molar-refractivity contribution in [1.29, 1.82) is 0 Å². The highest BCUT2D eigenvalue weighted by Crippen LogP contribution is 2.73. The summed E-state index contributed by atoms with van der Waals surface area (Å²) < 4.78 is 10.5. The van der Waals surface area contributed by atoms with Gasteiger partial charge in [-0.3, -0.25) is 9.59 Å². The second kappa shape index (κ2) is 6.26. The van der Waals surface area contributed by atoms with Crippen molar-refractivity contribution in [2.75, 3.05) is 7.11 Å². The molecule has 0 N–H and O–H groups in total. The number of hydrogen-bond acceptors (Lipinski definition) is 6. The van der Waals surface area contributed by atoms with Gasteiger partial charge in [0.05, 0.1) is 30.7 Å². The number of amides is 2. The molecule has 1 aromatic carbocycles. The first-order valence-corrected chi connectivity index (χ1v) is 10.4. The van der Waals surface area contributed by atoms with E-state index in [4.69, 9.17) is 9.15 Å². The molecule has 3 aliphatic carbocycles. The molecule has 156 valence electrons. The first kappa shape index (κ1) is 18.3. The molecule has 31 heavy (non-hydrogen) atoms.